The molecule has 0 spiro atoms. The molecular formula is C18H17F3N4O3. The van der Waals surface area contributed by atoms with Crippen LogP contribution in [0.2, 0.25) is 0 Å². The second kappa shape index (κ2) is 8.26. The highest BCUT2D eigenvalue weighted by molar-refractivity contribution is 5.59. The first-order valence-electron chi connectivity index (χ1n) is 8.31. The summed E-state index contributed by atoms with van der Waals surface area (Å²) in [6.07, 6.45) is -2.85. The fourth-order valence-electron chi connectivity index (χ4n) is 2.37. The second-order valence-electron chi connectivity index (χ2n) is 5.68. The first-order valence-corrected chi connectivity index (χ1v) is 8.31. The van der Waals surface area contributed by atoms with E-state index in [0.29, 0.717) is 35.9 Å². The number of rotatable bonds is 7. The zero-order valence-electron chi connectivity index (χ0n) is 14.8. The van der Waals surface area contributed by atoms with Gasteiger partial charge in [-0.25, -0.2) is 14.6 Å². The van der Waals surface area contributed by atoms with Gasteiger partial charge in [-0.15, -0.1) is 5.10 Å². The van der Waals surface area contributed by atoms with Crippen LogP contribution < -0.4 is 9.47 Å². The molecule has 28 heavy (non-hydrogen) atoms. The van der Waals surface area contributed by atoms with Gasteiger partial charge in [0.15, 0.2) is 5.82 Å². The molecule has 1 aromatic carbocycles. The number of ether oxygens (including phenoxy) is 2. The lowest BCUT2D eigenvalue weighted by Crippen LogP contribution is -2.08. The quantitative estimate of drug-likeness (QED) is 0.620. The zero-order valence-corrected chi connectivity index (χ0v) is 14.8. The van der Waals surface area contributed by atoms with E-state index in [2.05, 4.69) is 15.1 Å². The van der Waals surface area contributed by atoms with Crippen LogP contribution in [-0.2, 0) is 6.18 Å². The molecule has 0 atom stereocenters. The van der Waals surface area contributed by atoms with Crippen molar-refractivity contribution in [1.82, 2.24) is 19.7 Å². The summed E-state index contributed by atoms with van der Waals surface area (Å²) >= 11 is 0. The number of methoxy groups -OCH3 is 1. The monoisotopic (exact) mass is 394 g/mol. The largest absolute Gasteiger partial charge is 0.494 e. The highest BCUT2D eigenvalue weighted by Crippen LogP contribution is 2.31. The molecule has 0 amide bonds. The third-order valence-corrected chi connectivity index (χ3v) is 3.72. The van der Waals surface area contributed by atoms with Gasteiger partial charge >= 0.3 is 6.18 Å². The zero-order chi connectivity index (χ0) is 20.1. The van der Waals surface area contributed by atoms with Gasteiger partial charge in [0.1, 0.15) is 5.75 Å². The Kier molecular flexibility index (Phi) is 5.78. The molecule has 3 rings (SSSR count). The lowest BCUT2D eigenvalue weighted by Gasteiger charge is -2.08. The topological polar surface area (TPSA) is 82.3 Å². The molecule has 0 saturated carbocycles. The number of hydrogen-bond donors (Lipinski definition) is 1. The number of alkyl halides is 3. The van der Waals surface area contributed by atoms with Crippen molar-refractivity contribution in [2.75, 3.05) is 20.3 Å². The van der Waals surface area contributed by atoms with E-state index in [0.717, 1.165) is 4.68 Å². The smallest absolute Gasteiger partial charge is 0.453 e. The van der Waals surface area contributed by atoms with Crippen molar-refractivity contribution in [3.05, 3.63) is 48.4 Å². The fraction of sp³-hybridized carbons (Fsp3) is 0.278. The van der Waals surface area contributed by atoms with Gasteiger partial charge in [0.25, 0.3) is 5.82 Å². The van der Waals surface area contributed by atoms with E-state index in [9.17, 15) is 13.2 Å². The molecule has 0 radical (unpaired) electrons. The Balaban J connectivity index is 1.97. The van der Waals surface area contributed by atoms with Crippen molar-refractivity contribution in [3.8, 4) is 28.7 Å². The second-order valence-corrected chi connectivity index (χ2v) is 5.68. The van der Waals surface area contributed by atoms with E-state index in [1.54, 1.807) is 24.3 Å². The summed E-state index contributed by atoms with van der Waals surface area (Å²) in [6.45, 7) is 0.346. The maximum absolute atomic E-state index is 13.2. The molecule has 7 nitrogen and oxygen atoms in total. The van der Waals surface area contributed by atoms with Crippen LogP contribution in [0.15, 0.2) is 42.6 Å². The molecule has 2 aromatic heterocycles. The van der Waals surface area contributed by atoms with Gasteiger partial charge < -0.3 is 14.6 Å². The predicted molar refractivity (Wildman–Crippen MR) is 93.3 cm³/mol. The van der Waals surface area contributed by atoms with Gasteiger partial charge in [0, 0.05) is 24.7 Å². The van der Waals surface area contributed by atoms with Crippen LogP contribution >= 0.6 is 0 Å². The summed E-state index contributed by atoms with van der Waals surface area (Å²) in [7, 11) is 1.44. The van der Waals surface area contributed by atoms with E-state index < -0.39 is 12.0 Å². The van der Waals surface area contributed by atoms with Crippen LogP contribution in [0.1, 0.15) is 12.2 Å². The van der Waals surface area contributed by atoms with Crippen LogP contribution in [0.25, 0.3) is 17.1 Å². The number of nitrogens with zero attached hydrogens (tertiary/aromatic N) is 4. The number of hydrogen-bond acceptors (Lipinski definition) is 6. The van der Waals surface area contributed by atoms with E-state index in [1.807, 2.05) is 0 Å². The standard InChI is InChI=1S/C18H17F3N4O3/c1-27-15-8-5-13(11-22-15)25-16(23-17(24-25)18(19,20)21)12-3-6-14(7-4-12)28-10-2-9-26/h3-8,11,26H,2,9-10H2,1H3. The lowest BCUT2D eigenvalue weighted by molar-refractivity contribution is -0.144. The summed E-state index contributed by atoms with van der Waals surface area (Å²) in [6, 6.07) is 9.47. The molecule has 0 unspecified atom stereocenters. The van der Waals surface area contributed by atoms with E-state index in [1.165, 1.54) is 25.4 Å². The highest BCUT2D eigenvalue weighted by atomic mass is 19.4. The molecule has 1 N–H and O–H groups in total. The number of halogens is 3. The molecule has 0 aliphatic heterocycles. The van der Waals surface area contributed by atoms with Crippen molar-refractivity contribution >= 4 is 0 Å². The minimum Gasteiger partial charge on any atom is -0.494 e. The van der Waals surface area contributed by atoms with Crippen LogP contribution in [0.5, 0.6) is 11.6 Å². The summed E-state index contributed by atoms with van der Waals surface area (Å²) in [5.74, 6) is -0.376. The summed E-state index contributed by atoms with van der Waals surface area (Å²) in [4.78, 5) is 7.67. The molecule has 148 valence electrons. The Hall–Kier alpha value is -3.14. The van der Waals surface area contributed by atoms with Crippen molar-refractivity contribution in [1.29, 1.82) is 0 Å². The van der Waals surface area contributed by atoms with Gasteiger partial charge in [-0.3, -0.25) is 0 Å². The van der Waals surface area contributed by atoms with E-state index >= 15 is 0 Å². The van der Waals surface area contributed by atoms with Gasteiger partial charge in [-0.1, -0.05) is 0 Å². The predicted octanol–water partition coefficient (Wildman–Crippen LogP) is 3.12. The molecule has 0 saturated heterocycles. The average molecular weight is 394 g/mol. The third-order valence-electron chi connectivity index (χ3n) is 3.72. The highest BCUT2D eigenvalue weighted by Gasteiger charge is 2.37. The molecule has 2 heterocycles. The Labute approximate surface area is 158 Å². The van der Waals surface area contributed by atoms with Crippen molar-refractivity contribution < 1.29 is 27.8 Å². The molecular weight excluding hydrogens is 377 g/mol. The minimum absolute atomic E-state index is 0.0112. The maximum atomic E-state index is 13.2. The number of aliphatic hydroxyl groups excluding tert-OH is 1. The van der Waals surface area contributed by atoms with Crippen molar-refractivity contribution in [3.63, 3.8) is 0 Å². The average Bonchev–Trinajstić information content (AvgIpc) is 3.15. The molecule has 0 fully saturated rings. The fourth-order valence-corrected chi connectivity index (χ4v) is 2.37. The van der Waals surface area contributed by atoms with E-state index in [4.69, 9.17) is 14.6 Å². The normalized spacial score (nSPS) is 11.5. The Morgan fingerprint density at radius 1 is 1.11 bits per heavy atom. The van der Waals surface area contributed by atoms with Crippen LogP contribution in [0.4, 0.5) is 13.2 Å². The number of pyridine rings is 1. The SMILES string of the molecule is COc1ccc(-n2nc(C(F)(F)F)nc2-c2ccc(OCCCO)cc2)cn1. The lowest BCUT2D eigenvalue weighted by atomic mass is 10.2. The number of aliphatic hydroxyl groups is 1. The van der Waals surface area contributed by atoms with Gasteiger partial charge in [-0.05, 0) is 30.3 Å². The molecule has 0 bridgehead atoms. The molecule has 10 heteroatoms. The van der Waals surface area contributed by atoms with Crippen LogP contribution in [0.3, 0.4) is 0 Å². The Morgan fingerprint density at radius 3 is 2.43 bits per heavy atom. The molecule has 0 aliphatic rings. The van der Waals surface area contributed by atoms with Crippen LogP contribution in [0, 0.1) is 0 Å². The Bertz CT molecular complexity index is 909. The molecule has 0 aliphatic carbocycles. The molecule has 3 aromatic rings. The van der Waals surface area contributed by atoms with E-state index in [-0.39, 0.29) is 12.4 Å². The third kappa shape index (κ3) is 4.39. The number of benzene rings is 1. The van der Waals surface area contributed by atoms with Gasteiger partial charge in [-0.2, -0.15) is 13.2 Å². The minimum atomic E-state index is -4.69. The van der Waals surface area contributed by atoms with Gasteiger partial charge in [0.05, 0.1) is 25.6 Å². The maximum Gasteiger partial charge on any atom is 0.453 e. The first kappa shape index (κ1) is 19.6. The van der Waals surface area contributed by atoms with Gasteiger partial charge in [0.2, 0.25) is 5.88 Å². The summed E-state index contributed by atoms with van der Waals surface area (Å²) < 4.78 is 50.9. The Morgan fingerprint density at radius 2 is 1.86 bits per heavy atom. The van der Waals surface area contributed by atoms with Crippen molar-refractivity contribution in [2.45, 2.75) is 12.6 Å². The van der Waals surface area contributed by atoms with Crippen LogP contribution in [-0.4, -0.2) is 45.2 Å². The first-order chi connectivity index (χ1) is 13.4. The summed E-state index contributed by atoms with van der Waals surface area (Å²) in [5, 5.41) is 12.4. The number of aromatic nitrogens is 4. The van der Waals surface area contributed by atoms with Crippen molar-refractivity contribution in [2.24, 2.45) is 0 Å². The summed E-state index contributed by atoms with van der Waals surface area (Å²) in [5.41, 5.74) is 0.732.